The van der Waals surface area contributed by atoms with E-state index in [4.69, 9.17) is 0 Å². The standard InChI is InChI=1S/C16H27N5/c1-3-14-6-4-5-7-21(14)16-12-15(17-13-18-16)20-10-8-19(2)9-11-20/h12-14H,3-11H2,1-2H3. The highest BCUT2D eigenvalue weighted by molar-refractivity contribution is 5.51. The van der Waals surface area contributed by atoms with Crippen molar-refractivity contribution in [1.82, 2.24) is 14.9 Å². The lowest BCUT2D eigenvalue weighted by molar-refractivity contribution is 0.312. The summed E-state index contributed by atoms with van der Waals surface area (Å²) in [6.45, 7) is 7.76. The monoisotopic (exact) mass is 289 g/mol. The molecule has 1 aromatic heterocycles. The van der Waals surface area contributed by atoms with E-state index in [1.807, 2.05) is 0 Å². The maximum absolute atomic E-state index is 4.55. The summed E-state index contributed by atoms with van der Waals surface area (Å²) in [6.07, 6.45) is 6.87. The van der Waals surface area contributed by atoms with Gasteiger partial charge in [-0.1, -0.05) is 6.92 Å². The van der Waals surface area contributed by atoms with Crippen LogP contribution in [-0.4, -0.2) is 60.7 Å². The van der Waals surface area contributed by atoms with Gasteiger partial charge in [0.05, 0.1) is 0 Å². The van der Waals surface area contributed by atoms with Crippen LogP contribution in [0.15, 0.2) is 12.4 Å². The van der Waals surface area contributed by atoms with Crippen molar-refractivity contribution in [2.45, 2.75) is 38.6 Å². The number of anilines is 2. The van der Waals surface area contributed by atoms with Crippen LogP contribution in [-0.2, 0) is 0 Å². The minimum Gasteiger partial charge on any atom is -0.354 e. The van der Waals surface area contributed by atoms with Crippen LogP contribution in [0.2, 0.25) is 0 Å². The van der Waals surface area contributed by atoms with Gasteiger partial charge in [-0.05, 0) is 32.7 Å². The average molecular weight is 289 g/mol. The third-order valence-corrected chi connectivity index (χ3v) is 4.86. The summed E-state index contributed by atoms with van der Waals surface area (Å²) in [5.74, 6) is 2.21. The molecule has 1 aromatic rings. The molecule has 21 heavy (non-hydrogen) atoms. The van der Waals surface area contributed by atoms with Gasteiger partial charge in [-0.25, -0.2) is 9.97 Å². The van der Waals surface area contributed by atoms with Crippen molar-refractivity contribution < 1.29 is 0 Å². The molecule has 2 aliphatic heterocycles. The molecule has 3 rings (SSSR count). The van der Waals surface area contributed by atoms with Crippen molar-refractivity contribution in [3.8, 4) is 0 Å². The molecule has 0 aromatic carbocycles. The Morgan fingerprint density at radius 2 is 1.81 bits per heavy atom. The van der Waals surface area contributed by atoms with Crippen LogP contribution in [0, 0.1) is 0 Å². The van der Waals surface area contributed by atoms with E-state index in [9.17, 15) is 0 Å². The van der Waals surface area contributed by atoms with E-state index in [1.54, 1.807) is 6.33 Å². The molecule has 0 radical (unpaired) electrons. The molecule has 1 atom stereocenters. The normalized spacial score (nSPS) is 24.4. The number of nitrogens with zero attached hydrogens (tertiary/aromatic N) is 5. The number of aromatic nitrogens is 2. The first-order chi connectivity index (χ1) is 10.3. The first-order valence-corrected chi connectivity index (χ1v) is 8.30. The van der Waals surface area contributed by atoms with Crippen LogP contribution in [0.4, 0.5) is 11.6 Å². The van der Waals surface area contributed by atoms with Crippen LogP contribution >= 0.6 is 0 Å². The Kier molecular flexibility index (Phi) is 4.58. The SMILES string of the molecule is CCC1CCCCN1c1cc(N2CCN(C)CC2)ncn1. The van der Waals surface area contributed by atoms with E-state index in [0.717, 1.165) is 44.4 Å². The zero-order valence-corrected chi connectivity index (χ0v) is 13.3. The van der Waals surface area contributed by atoms with Crippen molar-refractivity contribution in [2.75, 3.05) is 49.6 Å². The van der Waals surface area contributed by atoms with Crippen molar-refractivity contribution in [2.24, 2.45) is 0 Å². The highest BCUT2D eigenvalue weighted by Gasteiger charge is 2.23. The van der Waals surface area contributed by atoms with Gasteiger partial charge in [0.2, 0.25) is 0 Å². The molecule has 0 N–H and O–H groups in total. The third kappa shape index (κ3) is 3.28. The molecule has 5 nitrogen and oxygen atoms in total. The van der Waals surface area contributed by atoms with Gasteiger partial charge in [-0.15, -0.1) is 0 Å². The first-order valence-electron chi connectivity index (χ1n) is 8.30. The van der Waals surface area contributed by atoms with Crippen molar-refractivity contribution in [1.29, 1.82) is 0 Å². The second-order valence-corrected chi connectivity index (χ2v) is 6.28. The highest BCUT2D eigenvalue weighted by Crippen LogP contribution is 2.26. The summed E-state index contributed by atoms with van der Waals surface area (Å²) in [4.78, 5) is 16.3. The van der Waals surface area contributed by atoms with Gasteiger partial charge in [0, 0.05) is 44.8 Å². The van der Waals surface area contributed by atoms with Crippen LogP contribution in [0.1, 0.15) is 32.6 Å². The lowest BCUT2D eigenvalue weighted by Gasteiger charge is -2.37. The Bertz CT molecular complexity index is 456. The van der Waals surface area contributed by atoms with Crippen LogP contribution < -0.4 is 9.80 Å². The predicted molar refractivity (Wildman–Crippen MR) is 87.0 cm³/mol. The van der Waals surface area contributed by atoms with Crippen LogP contribution in [0.25, 0.3) is 0 Å². The predicted octanol–water partition coefficient (Wildman–Crippen LogP) is 2.00. The van der Waals surface area contributed by atoms with Crippen LogP contribution in [0.5, 0.6) is 0 Å². The van der Waals surface area contributed by atoms with E-state index < -0.39 is 0 Å². The lowest BCUT2D eigenvalue weighted by Crippen LogP contribution is -2.45. The number of piperidine rings is 1. The summed E-state index contributed by atoms with van der Waals surface area (Å²) in [5, 5.41) is 0. The molecule has 0 amide bonds. The molecule has 1 unspecified atom stereocenters. The largest absolute Gasteiger partial charge is 0.354 e. The second-order valence-electron chi connectivity index (χ2n) is 6.28. The van der Waals surface area contributed by atoms with Gasteiger partial charge in [-0.2, -0.15) is 0 Å². The smallest absolute Gasteiger partial charge is 0.134 e. The Labute approximate surface area is 128 Å². The second kappa shape index (κ2) is 6.60. The van der Waals surface area contributed by atoms with E-state index in [2.05, 4.69) is 44.7 Å². The van der Waals surface area contributed by atoms with Gasteiger partial charge in [0.15, 0.2) is 0 Å². The van der Waals surface area contributed by atoms with Gasteiger partial charge in [0.1, 0.15) is 18.0 Å². The average Bonchev–Trinajstić information content (AvgIpc) is 2.55. The molecule has 0 aliphatic carbocycles. The fourth-order valence-corrected chi connectivity index (χ4v) is 3.43. The number of hydrogen-bond donors (Lipinski definition) is 0. The Morgan fingerprint density at radius 1 is 1.05 bits per heavy atom. The van der Waals surface area contributed by atoms with Gasteiger partial charge >= 0.3 is 0 Å². The van der Waals surface area contributed by atoms with Gasteiger partial charge < -0.3 is 14.7 Å². The van der Waals surface area contributed by atoms with E-state index in [1.165, 1.54) is 25.7 Å². The zero-order chi connectivity index (χ0) is 14.7. The Balaban J connectivity index is 1.76. The van der Waals surface area contributed by atoms with E-state index in [0.29, 0.717) is 6.04 Å². The summed E-state index contributed by atoms with van der Waals surface area (Å²) in [6, 6.07) is 2.84. The van der Waals surface area contributed by atoms with Gasteiger partial charge in [-0.3, -0.25) is 0 Å². The Hall–Kier alpha value is -1.36. The molecule has 3 heterocycles. The quantitative estimate of drug-likeness (QED) is 0.850. The molecule has 0 spiro atoms. The van der Waals surface area contributed by atoms with Gasteiger partial charge in [0.25, 0.3) is 0 Å². The summed E-state index contributed by atoms with van der Waals surface area (Å²) in [7, 11) is 2.18. The zero-order valence-electron chi connectivity index (χ0n) is 13.3. The number of rotatable bonds is 3. The number of likely N-dealkylation sites (N-methyl/N-ethyl adjacent to an activating group) is 1. The van der Waals surface area contributed by atoms with Crippen molar-refractivity contribution >= 4 is 11.6 Å². The molecule has 0 bridgehead atoms. The Morgan fingerprint density at radius 3 is 2.57 bits per heavy atom. The van der Waals surface area contributed by atoms with E-state index in [-0.39, 0.29) is 0 Å². The van der Waals surface area contributed by atoms with Crippen LogP contribution in [0.3, 0.4) is 0 Å². The molecule has 2 aliphatic rings. The number of piperazine rings is 1. The fourth-order valence-electron chi connectivity index (χ4n) is 3.43. The lowest BCUT2D eigenvalue weighted by atomic mass is 10.00. The molecular weight excluding hydrogens is 262 g/mol. The topological polar surface area (TPSA) is 35.5 Å². The molecular formula is C16H27N5. The highest BCUT2D eigenvalue weighted by atomic mass is 15.3. The summed E-state index contributed by atoms with van der Waals surface area (Å²) in [5.41, 5.74) is 0. The maximum atomic E-state index is 4.55. The summed E-state index contributed by atoms with van der Waals surface area (Å²) < 4.78 is 0. The fraction of sp³-hybridized carbons (Fsp3) is 0.750. The number of hydrogen-bond acceptors (Lipinski definition) is 5. The third-order valence-electron chi connectivity index (χ3n) is 4.86. The maximum Gasteiger partial charge on any atom is 0.134 e. The summed E-state index contributed by atoms with van der Waals surface area (Å²) >= 11 is 0. The van der Waals surface area contributed by atoms with Crippen molar-refractivity contribution in [3.63, 3.8) is 0 Å². The molecule has 2 fully saturated rings. The minimum atomic E-state index is 0.647. The first kappa shape index (κ1) is 14.6. The molecule has 5 heteroatoms. The molecule has 2 saturated heterocycles. The molecule has 116 valence electrons. The van der Waals surface area contributed by atoms with Crippen molar-refractivity contribution in [3.05, 3.63) is 12.4 Å². The molecule has 0 saturated carbocycles. The minimum absolute atomic E-state index is 0.647. The van der Waals surface area contributed by atoms with E-state index >= 15 is 0 Å².